The Balaban J connectivity index is 0.873. The van der Waals surface area contributed by atoms with Gasteiger partial charge in [0.25, 0.3) is 0 Å². The van der Waals surface area contributed by atoms with E-state index in [-0.39, 0.29) is 58.1 Å². The number of nitrogens with two attached hydrogens (primary N) is 2. The second kappa shape index (κ2) is 11.7. The van der Waals surface area contributed by atoms with E-state index in [0.29, 0.717) is 67.4 Å². The van der Waals surface area contributed by atoms with Crippen LogP contribution in [0.25, 0.3) is 21.9 Å². The molecule has 9 heterocycles. The fourth-order valence-corrected chi connectivity index (χ4v) is 10.3. The Morgan fingerprint density at radius 3 is 2.73 bits per heavy atom. The molecule has 7 unspecified atom stereocenters. The molecule has 0 amide bonds. The molecular formula is C42H46N6O7. The van der Waals surface area contributed by atoms with Crippen molar-refractivity contribution in [3.8, 4) is 11.5 Å². The quantitative estimate of drug-likeness (QED) is 0.117. The molecule has 4 fully saturated rings. The first kappa shape index (κ1) is 34.0. The van der Waals surface area contributed by atoms with E-state index in [0.717, 1.165) is 28.5 Å². The van der Waals surface area contributed by atoms with Gasteiger partial charge < -0.3 is 55.4 Å². The number of benzene rings is 1. The van der Waals surface area contributed by atoms with Gasteiger partial charge >= 0.3 is 5.97 Å². The summed E-state index contributed by atoms with van der Waals surface area (Å²) in [6.07, 6.45) is 17.9. The molecule has 13 heteroatoms. The molecule has 55 heavy (non-hydrogen) atoms. The van der Waals surface area contributed by atoms with Gasteiger partial charge in [0.2, 0.25) is 0 Å². The predicted octanol–water partition coefficient (Wildman–Crippen LogP) is 4.84. The number of phenolic OH excluding ortho intramolecular Hbond substituents is 1. The Bertz CT molecular complexity index is 2460. The van der Waals surface area contributed by atoms with E-state index in [2.05, 4.69) is 50.8 Å². The molecule has 7 aliphatic rings. The number of epoxide rings is 1. The summed E-state index contributed by atoms with van der Waals surface area (Å²) in [5, 5.41) is 19.7. The molecule has 4 aromatic rings. The van der Waals surface area contributed by atoms with Crippen molar-refractivity contribution in [2.24, 2.45) is 17.4 Å². The molecule has 3 saturated heterocycles. The molecule has 1 aromatic carbocycles. The number of ether oxygens (including phenoxy) is 3. The molecule has 2 bridgehead atoms. The minimum atomic E-state index is -1.07. The van der Waals surface area contributed by atoms with Crippen LogP contribution < -0.4 is 32.3 Å². The van der Waals surface area contributed by atoms with E-state index < -0.39 is 16.8 Å². The maximum Gasteiger partial charge on any atom is 0.341 e. The Kier molecular flexibility index (Phi) is 7.24. The number of aryl methyl sites for hydroxylation is 1. The van der Waals surface area contributed by atoms with Crippen molar-refractivity contribution in [2.45, 2.75) is 107 Å². The van der Waals surface area contributed by atoms with Crippen molar-refractivity contribution >= 4 is 27.8 Å². The maximum absolute atomic E-state index is 14.4. The van der Waals surface area contributed by atoms with E-state index in [9.17, 15) is 14.7 Å². The second-order valence-electron chi connectivity index (χ2n) is 16.8. The topological polar surface area (TPSA) is 195 Å². The molecule has 3 aromatic heterocycles. The summed E-state index contributed by atoms with van der Waals surface area (Å²) in [6.45, 7) is 6.28. The molecule has 0 radical (unpaired) electrons. The van der Waals surface area contributed by atoms with Gasteiger partial charge in [-0.1, -0.05) is 12.2 Å². The first-order valence-electron chi connectivity index (χ1n) is 19.2. The largest absolute Gasteiger partial charge is 0.507 e. The lowest BCUT2D eigenvalue weighted by molar-refractivity contribution is -0.219. The third-order valence-electron chi connectivity index (χ3n) is 12.9. The Hall–Kier alpha value is -5.56. The average Bonchev–Trinajstić information content (AvgIpc) is 3.41. The van der Waals surface area contributed by atoms with Gasteiger partial charge in [0.05, 0.1) is 35.3 Å². The lowest BCUT2D eigenvalue weighted by Crippen LogP contribution is -2.66. The molecular weight excluding hydrogens is 700 g/mol. The zero-order valence-corrected chi connectivity index (χ0v) is 31.1. The molecule has 2 spiro atoms. The van der Waals surface area contributed by atoms with Crippen molar-refractivity contribution in [2.75, 3.05) is 0 Å². The molecule has 11 rings (SSSR count). The number of aromatic hydroxyl groups is 1. The smallest absolute Gasteiger partial charge is 0.341 e. The third-order valence-corrected chi connectivity index (χ3v) is 12.9. The van der Waals surface area contributed by atoms with Gasteiger partial charge in [-0.2, -0.15) is 0 Å². The van der Waals surface area contributed by atoms with Crippen molar-refractivity contribution in [3.05, 3.63) is 105 Å². The summed E-state index contributed by atoms with van der Waals surface area (Å²) in [5.41, 5.74) is 13.4. The highest BCUT2D eigenvalue weighted by molar-refractivity contribution is 5.88. The van der Waals surface area contributed by atoms with Gasteiger partial charge in [-0.15, -0.1) is 0 Å². The van der Waals surface area contributed by atoms with Crippen LogP contribution in [0.1, 0.15) is 69.6 Å². The molecule has 13 nitrogen and oxygen atoms in total. The molecule has 8 N–H and O–H groups in total. The van der Waals surface area contributed by atoms with Crippen molar-refractivity contribution in [1.29, 1.82) is 0 Å². The first-order valence-corrected chi connectivity index (χ1v) is 19.2. The number of nitrogens with zero attached hydrogens (tertiary/aromatic N) is 1. The number of hydrogen-bond acceptors (Lipinski definition) is 11. The number of aromatic amines is 1. The highest BCUT2D eigenvalue weighted by Crippen LogP contribution is 2.64. The minimum absolute atomic E-state index is 0.0120. The number of carbonyl (C=O) groups is 1. The molecule has 1 aliphatic carbocycles. The predicted molar refractivity (Wildman–Crippen MR) is 205 cm³/mol. The van der Waals surface area contributed by atoms with Gasteiger partial charge in [-0.25, -0.2) is 4.79 Å². The molecule has 1 saturated carbocycles. The van der Waals surface area contributed by atoms with Gasteiger partial charge in [0, 0.05) is 54.1 Å². The van der Waals surface area contributed by atoms with Gasteiger partial charge in [0.1, 0.15) is 33.8 Å². The summed E-state index contributed by atoms with van der Waals surface area (Å²) in [5.74, 6) is 1.27. The third kappa shape index (κ3) is 5.30. The lowest BCUT2D eigenvalue weighted by Gasteiger charge is -2.58. The van der Waals surface area contributed by atoms with Crippen LogP contribution in [0.3, 0.4) is 0 Å². The highest BCUT2D eigenvalue weighted by atomic mass is 16.7. The first-order chi connectivity index (χ1) is 26.3. The highest BCUT2D eigenvalue weighted by Gasteiger charge is 2.71. The molecule has 7 atom stereocenters. The second-order valence-corrected chi connectivity index (χ2v) is 16.8. The van der Waals surface area contributed by atoms with Crippen LogP contribution in [0.15, 0.2) is 93.1 Å². The van der Waals surface area contributed by atoms with Crippen LogP contribution >= 0.6 is 0 Å². The van der Waals surface area contributed by atoms with E-state index >= 15 is 0 Å². The average molecular weight is 747 g/mol. The minimum Gasteiger partial charge on any atom is -0.507 e. The fourth-order valence-electron chi connectivity index (χ4n) is 10.3. The summed E-state index contributed by atoms with van der Waals surface area (Å²) >= 11 is 0. The number of carbonyl (C=O) groups excluding carboxylic acids is 1. The van der Waals surface area contributed by atoms with Crippen LogP contribution in [0, 0.1) is 12.8 Å². The number of nitrogens with one attached hydrogen (secondary N) is 3. The number of aromatic nitrogens is 2. The lowest BCUT2D eigenvalue weighted by atomic mass is 9.58. The van der Waals surface area contributed by atoms with Gasteiger partial charge in [-0.3, -0.25) is 4.79 Å². The van der Waals surface area contributed by atoms with E-state index in [1.54, 1.807) is 13.0 Å². The SMILES string of the molecule is Cc1cc(=O)c2c(O)c3c(cc2o1)OC(C)(C)C12CCC(CC31)CC1(OC1CCC1=CC(C3=CC(Cn4cc5cc[nH]c5c4)NC(N)=C3)NC(N)=C1)C(=O)O2. The Morgan fingerprint density at radius 1 is 1.05 bits per heavy atom. The van der Waals surface area contributed by atoms with Gasteiger partial charge in [-0.05, 0) is 94.6 Å². The van der Waals surface area contributed by atoms with Crippen molar-refractivity contribution < 1.29 is 28.5 Å². The van der Waals surface area contributed by atoms with E-state index in [4.69, 9.17) is 30.1 Å². The normalized spacial score (nSPS) is 31.8. The number of dihydropyridines is 2. The maximum atomic E-state index is 14.4. The van der Waals surface area contributed by atoms with Crippen molar-refractivity contribution in [1.82, 2.24) is 20.2 Å². The zero-order chi connectivity index (χ0) is 38.0. The van der Waals surface area contributed by atoms with Crippen LogP contribution in [-0.2, 0) is 20.8 Å². The number of H-pyrrole nitrogens is 1. The monoisotopic (exact) mass is 746 g/mol. The molecule has 6 aliphatic heterocycles. The van der Waals surface area contributed by atoms with E-state index in [1.807, 2.05) is 32.2 Å². The van der Waals surface area contributed by atoms with Crippen LogP contribution in [-0.4, -0.2) is 55.6 Å². The Morgan fingerprint density at radius 2 is 1.89 bits per heavy atom. The van der Waals surface area contributed by atoms with E-state index in [1.165, 1.54) is 6.07 Å². The summed E-state index contributed by atoms with van der Waals surface area (Å²) in [6, 6.07) is 4.94. The Labute approximate surface area is 317 Å². The number of esters is 1. The summed E-state index contributed by atoms with van der Waals surface area (Å²) < 4.78 is 27.6. The van der Waals surface area contributed by atoms with Crippen LogP contribution in [0.4, 0.5) is 0 Å². The van der Waals surface area contributed by atoms with Gasteiger partial charge in [0.15, 0.2) is 16.6 Å². The number of hydrogen-bond donors (Lipinski definition) is 6. The fraction of sp³-hybridized carbons (Fsp3) is 0.429. The van der Waals surface area contributed by atoms with Crippen LogP contribution in [0.5, 0.6) is 11.5 Å². The molecule has 286 valence electrons. The van der Waals surface area contributed by atoms with Crippen molar-refractivity contribution in [3.63, 3.8) is 0 Å². The summed E-state index contributed by atoms with van der Waals surface area (Å²) in [7, 11) is 0. The number of phenols is 1. The standard InChI is InChI=1S/C42H46N6O7/c1-21-10-30(49)37-31(52-21)16-32-36(38(37)50)27-11-23-6-8-42(27,40(2,3)53-32)55-39(51)41(17-23)33(54-41)5-4-22-12-28(47-34(43)13-22)25-14-26(46-35(44)15-25)19-48-18-24-7-9-45-29(24)20-48/h7,9-10,12-16,18,20,23,26-28,33,45-47,50H,4-6,8,11,17,19,43-44H2,1-3H3. The van der Waals surface area contributed by atoms with Crippen LogP contribution in [0.2, 0.25) is 0 Å². The number of rotatable bonds is 6. The summed E-state index contributed by atoms with van der Waals surface area (Å²) in [4.78, 5) is 30.7. The zero-order valence-electron chi connectivity index (χ0n) is 31.1. The number of allylic oxidation sites excluding steroid dienone is 2. The number of fused-ring (bicyclic) bond motifs is 5.